The third kappa shape index (κ3) is 19.8. The molecule has 0 aromatic heterocycles. The molecule has 0 aliphatic heterocycles. The van der Waals surface area contributed by atoms with Crippen LogP contribution in [0.4, 0.5) is 0 Å². The van der Waals surface area contributed by atoms with Gasteiger partial charge in [-0.1, -0.05) is 0 Å². The Morgan fingerprint density at radius 1 is 1.20 bits per heavy atom. The summed E-state index contributed by atoms with van der Waals surface area (Å²) in [6, 6.07) is 0. The first-order valence-electron chi connectivity index (χ1n) is 0.204. The quantitative estimate of drug-likeness (QED) is 0.343. The molecule has 5 heteroatoms. The van der Waals surface area contributed by atoms with E-state index in [1.54, 1.807) is 18.6 Å². The van der Waals surface area contributed by atoms with Crippen LogP contribution in [-0.2, 0) is 41.0 Å². The molecular weight excluding hydrogens is 187 g/mol. The molecule has 0 atom stereocenters. The Labute approximate surface area is 89.8 Å². The van der Waals surface area contributed by atoms with Gasteiger partial charge in [0, 0.05) is 22.4 Å². The van der Waals surface area contributed by atoms with Crippen molar-refractivity contribution in [3.05, 3.63) is 0 Å². The van der Waals surface area contributed by atoms with Crippen molar-refractivity contribution in [3.63, 3.8) is 0 Å². The van der Waals surface area contributed by atoms with Gasteiger partial charge in [0.1, 0.15) is 0 Å². The van der Waals surface area contributed by atoms with Crippen molar-refractivity contribution in [3.8, 4) is 0 Å². The molecule has 1 radical (unpaired) electrons. The van der Waals surface area contributed by atoms with Crippen LogP contribution in [-0.4, -0.2) is 0 Å². The fourth-order valence-corrected chi connectivity index (χ4v) is 0. The minimum atomic E-state index is 0. The van der Waals surface area contributed by atoms with Gasteiger partial charge in [-0.15, -0.1) is 0 Å². The summed E-state index contributed by atoms with van der Waals surface area (Å²) in [6.45, 7) is 0. The van der Waals surface area contributed by atoms with Crippen molar-refractivity contribution in [2.45, 2.75) is 0 Å². The molecule has 0 rings (SSSR count). The zero-order chi connectivity index (χ0) is 2.00. The molecule has 0 saturated carbocycles. The zero-order valence-electron chi connectivity index (χ0n) is 5.36. The van der Waals surface area contributed by atoms with E-state index in [-0.39, 0.29) is 63.0 Å². The minimum absolute atomic E-state index is 0. The Morgan fingerprint density at radius 3 is 1.20 bits per heavy atom. The second-order valence-corrected chi connectivity index (χ2v) is 0. The van der Waals surface area contributed by atoms with Gasteiger partial charge in [-0.3, -0.25) is 0 Å². The first-order valence-corrected chi connectivity index (χ1v) is 2.52. The maximum absolute atomic E-state index is 4.08. The molecule has 0 aromatic carbocycles. The average Bonchev–Trinajstić information content (AvgIpc) is 1.00. The van der Waals surface area contributed by atoms with Gasteiger partial charge in [0.05, 0.1) is 0 Å². The van der Waals surface area contributed by atoms with E-state index in [1.807, 2.05) is 0 Å². The topological polar surface area (TPSA) is 0 Å². The van der Waals surface area contributed by atoms with Crippen molar-refractivity contribution in [1.29, 1.82) is 0 Å². The SMILES string of the molecule is [H-].[H-].[Li+].[Li+].[Nb].[S]=[Ti]. The van der Waals surface area contributed by atoms with E-state index >= 15 is 0 Å². The molecule has 0 amide bonds. The van der Waals surface area contributed by atoms with Crippen LogP contribution in [0, 0.1) is 0 Å². The summed E-state index contributed by atoms with van der Waals surface area (Å²) >= 11 is 1.58. The first-order chi connectivity index (χ1) is 1.00. The molecule has 0 N–H and O–H groups in total. The van der Waals surface area contributed by atoms with Crippen molar-refractivity contribution in [2.24, 2.45) is 0 Å². The van der Waals surface area contributed by atoms with Gasteiger partial charge in [0.2, 0.25) is 0 Å². The molecule has 0 spiro atoms. The van der Waals surface area contributed by atoms with E-state index < -0.39 is 0 Å². The molecule has 0 aromatic rings. The summed E-state index contributed by atoms with van der Waals surface area (Å²) in [7, 11) is 4.08. The third-order valence-electron chi connectivity index (χ3n) is 0. The predicted molar refractivity (Wildman–Crippen MR) is 9.82 cm³/mol. The molecule has 0 bridgehead atoms. The van der Waals surface area contributed by atoms with E-state index in [0.29, 0.717) is 0 Å². The summed E-state index contributed by atoms with van der Waals surface area (Å²) in [6.07, 6.45) is 0. The summed E-state index contributed by atoms with van der Waals surface area (Å²) in [5.41, 5.74) is 0. The van der Waals surface area contributed by atoms with Gasteiger partial charge in [-0.25, -0.2) is 0 Å². The molecule has 19 valence electrons. The normalized spacial score (nSPS) is 0.600. The van der Waals surface area contributed by atoms with Crippen molar-refractivity contribution in [2.75, 3.05) is 0 Å². The molecular formula is H2Li2NbSTi. The number of rotatable bonds is 0. The van der Waals surface area contributed by atoms with Crippen LogP contribution >= 0.6 is 9.70 Å². The van der Waals surface area contributed by atoms with Crippen LogP contribution < -0.4 is 37.7 Å². The maximum atomic E-state index is 4.08. The second kappa shape index (κ2) is 28.7. The number of hydrogen-bond acceptors (Lipinski definition) is 1. The van der Waals surface area contributed by atoms with Crippen molar-refractivity contribution < 1.29 is 81.5 Å². The van der Waals surface area contributed by atoms with E-state index in [2.05, 4.69) is 9.70 Å². The van der Waals surface area contributed by atoms with Crippen LogP contribution in [0.5, 0.6) is 0 Å². The van der Waals surface area contributed by atoms with E-state index in [9.17, 15) is 0 Å². The van der Waals surface area contributed by atoms with Gasteiger partial charge < -0.3 is 2.85 Å². The first kappa shape index (κ1) is 24.8. The van der Waals surface area contributed by atoms with E-state index in [0.717, 1.165) is 0 Å². The van der Waals surface area contributed by atoms with Crippen LogP contribution in [0.3, 0.4) is 0 Å². The van der Waals surface area contributed by atoms with Crippen LogP contribution in [0.25, 0.3) is 0 Å². The summed E-state index contributed by atoms with van der Waals surface area (Å²) < 4.78 is 0. The molecule has 0 unspecified atom stereocenters. The Balaban J connectivity index is -0.000000000500. The predicted octanol–water partition coefficient (Wildman–Crippen LogP) is -5.12. The Morgan fingerprint density at radius 2 is 1.20 bits per heavy atom. The molecule has 0 fully saturated rings. The third-order valence-corrected chi connectivity index (χ3v) is 0. The van der Waals surface area contributed by atoms with Gasteiger partial charge in [-0.2, -0.15) is 0 Å². The van der Waals surface area contributed by atoms with Crippen LogP contribution in [0.1, 0.15) is 2.85 Å². The average molecular weight is 189 g/mol. The van der Waals surface area contributed by atoms with Gasteiger partial charge in [0.15, 0.2) is 0 Å². The zero-order valence-corrected chi connectivity index (χ0v) is 7.93. The van der Waals surface area contributed by atoms with Crippen molar-refractivity contribution in [1.82, 2.24) is 0 Å². The molecule has 0 heterocycles. The van der Waals surface area contributed by atoms with Crippen molar-refractivity contribution >= 4 is 9.70 Å². The molecule has 0 nitrogen and oxygen atoms in total. The summed E-state index contributed by atoms with van der Waals surface area (Å²) in [4.78, 5) is 0. The second-order valence-electron chi connectivity index (χ2n) is 0. The van der Waals surface area contributed by atoms with Gasteiger partial charge in [0.25, 0.3) is 0 Å². The summed E-state index contributed by atoms with van der Waals surface area (Å²) in [5.74, 6) is 0. The van der Waals surface area contributed by atoms with Gasteiger partial charge in [-0.05, 0) is 0 Å². The van der Waals surface area contributed by atoms with E-state index in [4.69, 9.17) is 0 Å². The Bertz CT molecular complexity index is 15.7. The van der Waals surface area contributed by atoms with Gasteiger partial charge >= 0.3 is 66.0 Å². The Kier molecular flexibility index (Phi) is 143. The van der Waals surface area contributed by atoms with Crippen LogP contribution in [0.2, 0.25) is 0 Å². The molecule has 0 aliphatic carbocycles. The monoisotopic (exact) mass is 189 g/mol. The fraction of sp³-hybridized carbons (Fsp3) is 0. The number of hydrogen-bond donors (Lipinski definition) is 0. The molecule has 0 saturated heterocycles. The fourth-order valence-electron chi connectivity index (χ4n) is 0. The Hall–Kier alpha value is 2.87. The summed E-state index contributed by atoms with van der Waals surface area (Å²) in [5, 5.41) is 0. The van der Waals surface area contributed by atoms with Crippen LogP contribution in [0.15, 0.2) is 0 Å². The van der Waals surface area contributed by atoms with E-state index in [1.165, 1.54) is 0 Å². The standard InChI is InChI=1S/2Li.Nb.S.Ti.2H/q2*+1;;;;2*-1. The molecule has 5 heavy (non-hydrogen) atoms. The molecule has 0 aliphatic rings.